The molecule has 0 spiro atoms. The molecule has 1 aliphatic carbocycles. The minimum absolute atomic E-state index is 0.127. The number of ether oxygens (including phenoxy) is 1. The molecule has 6 nitrogen and oxygen atoms in total. The Bertz CT molecular complexity index is 1230. The molecule has 1 unspecified atom stereocenters. The van der Waals surface area contributed by atoms with Gasteiger partial charge in [0.05, 0.1) is 36.4 Å². The van der Waals surface area contributed by atoms with Crippen LogP contribution in [0.25, 0.3) is 16.5 Å². The Balaban J connectivity index is 1.30. The Morgan fingerprint density at radius 2 is 2.06 bits per heavy atom. The molecule has 0 bridgehead atoms. The average molecular weight is 509 g/mol. The molecule has 1 amide bonds. The summed E-state index contributed by atoms with van der Waals surface area (Å²) < 4.78 is 8.42. The molecule has 7 heteroatoms. The van der Waals surface area contributed by atoms with Crippen LogP contribution < -0.4 is 5.32 Å². The normalized spacial score (nSPS) is 19.5. The number of carbonyl (C=O) groups is 1. The zero-order chi connectivity index (χ0) is 22.9. The van der Waals surface area contributed by atoms with Gasteiger partial charge in [-0.05, 0) is 61.6 Å². The van der Waals surface area contributed by atoms with E-state index in [-0.39, 0.29) is 5.91 Å². The highest BCUT2D eigenvalue weighted by Gasteiger charge is 2.24. The van der Waals surface area contributed by atoms with E-state index in [2.05, 4.69) is 39.1 Å². The number of nitrogens with one attached hydrogen (secondary N) is 1. The fourth-order valence-corrected chi connectivity index (χ4v) is 5.39. The van der Waals surface area contributed by atoms with Gasteiger partial charge in [-0.2, -0.15) is 0 Å². The highest BCUT2D eigenvalue weighted by molar-refractivity contribution is 9.10. The number of aromatic nitrogens is 2. The number of hydrogen-bond donors (Lipinski definition) is 1. The minimum Gasteiger partial charge on any atom is -0.379 e. The van der Waals surface area contributed by atoms with Crippen LogP contribution in [0.5, 0.6) is 0 Å². The standard InChI is InChI=1S/C26H29BrN4O2/c1-17-13-20(29-26(32)23-16-30(2)24-8-5-19(27)14-22(23)24)15-28-25(17)18-3-6-21(7-4-18)31-9-11-33-12-10-31/h3,5,8,13-16,21H,4,6-7,9-12H2,1-2H3,(H,29,32). The second-order valence-electron chi connectivity index (χ2n) is 8.96. The summed E-state index contributed by atoms with van der Waals surface area (Å²) in [5, 5.41) is 3.96. The van der Waals surface area contributed by atoms with Gasteiger partial charge in [-0.3, -0.25) is 14.7 Å². The third kappa shape index (κ3) is 4.63. The van der Waals surface area contributed by atoms with Crippen LogP contribution in [-0.4, -0.2) is 52.7 Å². The van der Waals surface area contributed by atoms with E-state index in [4.69, 9.17) is 9.72 Å². The lowest BCUT2D eigenvalue weighted by Crippen LogP contribution is -2.43. The number of fused-ring (bicyclic) bond motifs is 1. The maximum atomic E-state index is 13.0. The summed E-state index contributed by atoms with van der Waals surface area (Å²) in [6.45, 7) is 5.83. The molecule has 2 aliphatic rings. The van der Waals surface area contributed by atoms with E-state index >= 15 is 0 Å². The average Bonchev–Trinajstić information content (AvgIpc) is 3.15. The molecular formula is C26H29BrN4O2. The van der Waals surface area contributed by atoms with Gasteiger partial charge in [-0.15, -0.1) is 0 Å². The Kier molecular flexibility index (Phi) is 6.36. The molecule has 1 N–H and O–H groups in total. The first-order valence-electron chi connectivity index (χ1n) is 11.5. The first-order valence-corrected chi connectivity index (χ1v) is 12.3. The van der Waals surface area contributed by atoms with Crippen molar-refractivity contribution in [2.24, 2.45) is 7.05 Å². The van der Waals surface area contributed by atoms with E-state index < -0.39 is 0 Å². The minimum atomic E-state index is -0.127. The summed E-state index contributed by atoms with van der Waals surface area (Å²) in [6, 6.07) is 8.61. The summed E-state index contributed by atoms with van der Waals surface area (Å²) in [5.41, 5.74) is 5.84. The van der Waals surface area contributed by atoms with Crippen LogP contribution in [0.4, 0.5) is 5.69 Å². The number of amides is 1. The van der Waals surface area contributed by atoms with E-state index in [9.17, 15) is 4.79 Å². The number of rotatable bonds is 4. The lowest BCUT2D eigenvalue weighted by Gasteiger charge is -2.36. The molecule has 33 heavy (non-hydrogen) atoms. The lowest BCUT2D eigenvalue weighted by atomic mass is 9.90. The van der Waals surface area contributed by atoms with Crippen molar-refractivity contribution in [2.45, 2.75) is 32.2 Å². The number of allylic oxidation sites excluding steroid dienone is 1. The number of hydrogen-bond acceptors (Lipinski definition) is 4. The van der Waals surface area contributed by atoms with Crippen LogP contribution in [0, 0.1) is 6.92 Å². The summed E-state index contributed by atoms with van der Waals surface area (Å²) in [4.78, 5) is 20.3. The number of anilines is 1. The van der Waals surface area contributed by atoms with Gasteiger partial charge in [-0.1, -0.05) is 22.0 Å². The van der Waals surface area contributed by atoms with Crippen LogP contribution in [0.2, 0.25) is 0 Å². The number of nitrogens with zero attached hydrogens (tertiary/aromatic N) is 3. The second-order valence-corrected chi connectivity index (χ2v) is 9.88. The number of carbonyl (C=O) groups excluding carboxylic acids is 1. The monoisotopic (exact) mass is 508 g/mol. The van der Waals surface area contributed by atoms with Gasteiger partial charge in [0.2, 0.25) is 0 Å². The van der Waals surface area contributed by atoms with Crippen LogP contribution in [-0.2, 0) is 11.8 Å². The number of pyridine rings is 1. The first-order chi connectivity index (χ1) is 16.0. The van der Waals surface area contributed by atoms with Crippen molar-refractivity contribution >= 4 is 44.0 Å². The first kappa shape index (κ1) is 22.3. The van der Waals surface area contributed by atoms with Gasteiger partial charge in [0, 0.05) is 47.8 Å². The third-order valence-electron chi connectivity index (χ3n) is 6.78. The SMILES string of the molecule is Cc1cc(NC(=O)c2cn(C)c3ccc(Br)cc23)cnc1C1=CCC(N2CCOCC2)CC1. The maximum Gasteiger partial charge on any atom is 0.257 e. The van der Waals surface area contributed by atoms with E-state index in [1.807, 2.05) is 42.1 Å². The van der Waals surface area contributed by atoms with E-state index in [0.29, 0.717) is 11.6 Å². The van der Waals surface area contributed by atoms with Crippen molar-refractivity contribution in [3.8, 4) is 0 Å². The van der Waals surface area contributed by atoms with Crippen LogP contribution in [0.15, 0.2) is 47.2 Å². The van der Waals surface area contributed by atoms with Crippen LogP contribution in [0.3, 0.4) is 0 Å². The Morgan fingerprint density at radius 1 is 1.24 bits per heavy atom. The molecule has 3 aromatic rings. The van der Waals surface area contributed by atoms with Gasteiger partial charge >= 0.3 is 0 Å². The zero-order valence-electron chi connectivity index (χ0n) is 19.1. The quantitative estimate of drug-likeness (QED) is 0.528. The summed E-state index contributed by atoms with van der Waals surface area (Å²) in [7, 11) is 1.95. The van der Waals surface area contributed by atoms with E-state index in [1.54, 1.807) is 6.20 Å². The van der Waals surface area contributed by atoms with Crippen molar-refractivity contribution < 1.29 is 9.53 Å². The molecule has 2 aromatic heterocycles. The van der Waals surface area contributed by atoms with Crippen molar-refractivity contribution in [2.75, 3.05) is 31.6 Å². The Labute approximate surface area is 202 Å². The van der Waals surface area contributed by atoms with Crippen molar-refractivity contribution in [3.63, 3.8) is 0 Å². The highest BCUT2D eigenvalue weighted by Crippen LogP contribution is 2.31. The molecule has 1 aliphatic heterocycles. The van der Waals surface area contributed by atoms with E-state index in [0.717, 1.165) is 77.9 Å². The zero-order valence-corrected chi connectivity index (χ0v) is 20.7. The fourth-order valence-electron chi connectivity index (χ4n) is 5.03. The molecule has 0 saturated carbocycles. The molecule has 5 rings (SSSR count). The van der Waals surface area contributed by atoms with E-state index in [1.165, 1.54) is 5.57 Å². The van der Waals surface area contributed by atoms with Gasteiger partial charge in [-0.25, -0.2) is 0 Å². The highest BCUT2D eigenvalue weighted by atomic mass is 79.9. The van der Waals surface area contributed by atoms with Gasteiger partial charge in [0.25, 0.3) is 5.91 Å². The van der Waals surface area contributed by atoms with Gasteiger partial charge < -0.3 is 14.6 Å². The summed E-state index contributed by atoms with van der Waals surface area (Å²) >= 11 is 3.51. The molecule has 1 atom stereocenters. The Morgan fingerprint density at radius 3 is 2.79 bits per heavy atom. The fraction of sp³-hybridized carbons (Fsp3) is 0.385. The number of aryl methyl sites for hydroxylation is 2. The number of benzene rings is 1. The van der Waals surface area contributed by atoms with Crippen molar-refractivity contribution in [1.29, 1.82) is 0 Å². The topological polar surface area (TPSA) is 59.4 Å². The molecule has 0 radical (unpaired) electrons. The molecule has 1 saturated heterocycles. The van der Waals surface area contributed by atoms with Crippen molar-refractivity contribution in [1.82, 2.24) is 14.5 Å². The van der Waals surface area contributed by atoms with Crippen LogP contribution >= 0.6 is 15.9 Å². The third-order valence-corrected chi connectivity index (χ3v) is 7.27. The Hall–Kier alpha value is -2.48. The predicted octanol–water partition coefficient (Wildman–Crippen LogP) is 5.16. The summed E-state index contributed by atoms with van der Waals surface area (Å²) in [5.74, 6) is -0.127. The smallest absolute Gasteiger partial charge is 0.257 e. The van der Waals surface area contributed by atoms with Gasteiger partial charge in [0.15, 0.2) is 0 Å². The molecule has 1 aromatic carbocycles. The van der Waals surface area contributed by atoms with Crippen LogP contribution in [0.1, 0.15) is 40.9 Å². The second kappa shape index (κ2) is 9.41. The molecule has 172 valence electrons. The van der Waals surface area contributed by atoms with Crippen molar-refractivity contribution in [3.05, 3.63) is 64.0 Å². The largest absolute Gasteiger partial charge is 0.379 e. The molecule has 3 heterocycles. The number of halogens is 1. The van der Waals surface area contributed by atoms with Gasteiger partial charge in [0.1, 0.15) is 0 Å². The predicted molar refractivity (Wildman–Crippen MR) is 136 cm³/mol. The maximum absolute atomic E-state index is 13.0. The molecular weight excluding hydrogens is 480 g/mol. The lowest BCUT2D eigenvalue weighted by molar-refractivity contribution is 0.0150. The number of morpholine rings is 1. The summed E-state index contributed by atoms with van der Waals surface area (Å²) in [6.07, 6.45) is 9.25. The molecule has 1 fully saturated rings.